The van der Waals surface area contributed by atoms with E-state index in [1.807, 2.05) is 30.3 Å². The van der Waals surface area contributed by atoms with Gasteiger partial charge in [-0.2, -0.15) is 0 Å². The van der Waals surface area contributed by atoms with E-state index >= 15 is 0 Å². The molecule has 0 radical (unpaired) electrons. The van der Waals surface area contributed by atoms with Crippen LogP contribution < -0.4 is 0 Å². The molecule has 132 valence electrons. The largest absolute Gasteiger partial charge is 0.472 e. The van der Waals surface area contributed by atoms with Crippen LogP contribution in [0.2, 0.25) is 0 Å². The maximum absolute atomic E-state index is 12.0. The molecule has 1 rings (SSSR count). The molecule has 1 aromatic rings. The first kappa shape index (κ1) is 20.4. The third kappa shape index (κ3) is 8.66. The molecule has 0 saturated carbocycles. The van der Waals surface area contributed by atoms with Crippen molar-refractivity contribution in [2.75, 3.05) is 13.2 Å². The lowest BCUT2D eigenvalue weighted by atomic mass is 9.89. The zero-order valence-electron chi connectivity index (χ0n) is 14.6. The van der Waals surface area contributed by atoms with Gasteiger partial charge in [-0.3, -0.25) is 9.05 Å². The second-order valence-electron chi connectivity index (χ2n) is 6.16. The number of hydrogen-bond donors (Lipinski definition) is 1. The minimum absolute atomic E-state index is 0.103. The minimum atomic E-state index is -3.96. The van der Waals surface area contributed by atoms with Crippen molar-refractivity contribution in [2.24, 2.45) is 5.92 Å². The second kappa shape index (κ2) is 11.0. The Labute approximate surface area is 140 Å². The van der Waals surface area contributed by atoms with E-state index in [2.05, 4.69) is 20.8 Å². The Morgan fingerprint density at radius 1 is 1.13 bits per heavy atom. The van der Waals surface area contributed by atoms with Gasteiger partial charge in [-0.05, 0) is 24.3 Å². The number of hydrogen-bond acceptors (Lipinski definition) is 3. The summed E-state index contributed by atoms with van der Waals surface area (Å²) in [6.45, 7) is 6.89. The molecule has 0 aromatic heterocycles. The zero-order valence-corrected chi connectivity index (χ0v) is 15.5. The molecule has 0 heterocycles. The molecule has 0 fully saturated rings. The Hall–Kier alpha value is -0.670. The van der Waals surface area contributed by atoms with Crippen molar-refractivity contribution in [3.63, 3.8) is 0 Å². The van der Waals surface area contributed by atoms with Gasteiger partial charge in [0, 0.05) is 5.92 Å². The van der Waals surface area contributed by atoms with Gasteiger partial charge in [0.2, 0.25) is 0 Å². The fourth-order valence-corrected chi connectivity index (χ4v) is 3.23. The molecule has 0 amide bonds. The standard InChI is InChI=1S/C18H31O4P/c1-4-6-10-13-21-23(19,20)22-15-18(14-16(3)5-2)17-11-8-7-9-12-17/h7-9,11-12,16,18H,4-6,10,13-15H2,1-3H3,(H,19,20). The van der Waals surface area contributed by atoms with E-state index in [9.17, 15) is 9.46 Å². The van der Waals surface area contributed by atoms with E-state index in [1.54, 1.807) is 0 Å². The third-order valence-electron chi connectivity index (χ3n) is 4.10. The second-order valence-corrected chi connectivity index (χ2v) is 7.61. The Morgan fingerprint density at radius 2 is 1.83 bits per heavy atom. The van der Waals surface area contributed by atoms with E-state index in [1.165, 1.54) is 0 Å². The van der Waals surface area contributed by atoms with Crippen LogP contribution in [0.5, 0.6) is 0 Å². The number of unbranched alkanes of at least 4 members (excludes halogenated alkanes) is 2. The van der Waals surface area contributed by atoms with Crippen molar-refractivity contribution in [1.29, 1.82) is 0 Å². The van der Waals surface area contributed by atoms with Crippen molar-refractivity contribution in [1.82, 2.24) is 0 Å². The highest BCUT2D eigenvalue weighted by atomic mass is 31.2. The molecule has 0 aliphatic rings. The van der Waals surface area contributed by atoms with E-state index in [4.69, 9.17) is 9.05 Å². The van der Waals surface area contributed by atoms with E-state index in [0.29, 0.717) is 5.92 Å². The zero-order chi connectivity index (χ0) is 17.1. The van der Waals surface area contributed by atoms with Crippen molar-refractivity contribution >= 4 is 7.82 Å². The molecule has 0 bridgehead atoms. The van der Waals surface area contributed by atoms with E-state index in [0.717, 1.165) is 37.7 Å². The Morgan fingerprint density at radius 3 is 2.43 bits per heavy atom. The van der Waals surface area contributed by atoms with Gasteiger partial charge >= 0.3 is 7.82 Å². The Bertz CT molecular complexity index is 463. The van der Waals surface area contributed by atoms with Crippen LogP contribution in [0, 0.1) is 5.92 Å². The number of benzene rings is 1. The lowest BCUT2D eigenvalue weighted by molar-refractivity contribution is 0.136. The van der Waals surface area contributed by atoms with E-state index < -0.39 is 7.82 Å². The van der Waals surface area contributed by atoms with Gasteiger partial charge in [0.05, 0.1) is 13.2 Å². The molecule has 0 spiro atoms. The van der Waals surface area contributed by atoms with E-state index in [-0.39, 0.29) is 19.1 Å². The smallest absolute Gasteiger partial charge is 0.302 e. The average Bonchev–Trinajstić information content (AvgIpc) is 2.56. The maximum atomic E-state index is 12.0. The average molecular weight is 342 g/mol. The van der Waals surface area contributed by atoms with Crippen LogP contribution in [0.1, 0.15) is 64.4 Å². The summed E-state index contributed by atoms with van der Waals surface area (Å²) in [4.78, 5) is 9.81. The fraction of sp³-hybridized carbons (Fsp3) is 0.667. The van der Waals surface area contributed by atoms with Gasteiger partial charge in [-0.15, -0.1) is 0 Å². The molecule has 4 nitrogen and oxygen atoms in total. The topological polar surface area (TPSA) is 55.8 Å². The van der Waals surface area contributed by atoms with Gasteiger partial charge in [-0.1, -0.05) is 70.4 Å². The molecule has 0 saturated heterocycles. The maximum Gasteiger partial charge on any atom is 0.472 e. The third-order valence-corrected chi connectivity index (χ3v) is 5.08. The first-order valence-corrected chi connectivity index (χ1v) is 10.1. The number of phosphoric acid groups is 1. The summed E-state index contributed by atoms with van der Waals surface area (Å²) >= 11 is 0. The highest BCUT2D eigenvalue weighted by molar-refractivity contribution is 7.47. The molecule has 23 heavy (non-hydrogen) atoms. The lowest BCUT2D eigenvalue weighted by Crippen LogP contribution is -2.12. The highest BCUT2D eigenvalue weighted by Crippen LogP contribution is 2.45. The summed E-state index contributed by atoms with van der Waals surface area (Å²) in [5, 5.41) is 0. The summed E-state index contributed by atoms with van der Waals surface area (Å²) in [6, 6.07) is 10.0. The predicted octanol–water partition coefficient (Wildman–Crippen LogP) is 5.53. The van der Waals surface area contributed by atoms with Gasteiger partial charge in [0.25, 0.3) is 0 Å². The fourth-order valence-electron chi connectivity index (χ4n) is 2.43. The molecule has 5 heteroatoms. The van der Waals surface area contributed by atoms with Crippen molar-refractivity contribution in [2.45, 2.75) is 58.8 Å². The van der Waals surface area contributed by atoms with Crippen LogP contribution in [0.3, 0.4) is 0 Å². The van der Waals surface area contributed by atoms with Gasteiger partial charge in [0.1, 0.15) is 0 Å². The quantitative estimate of drug-likeness (QED) is 0.401. The van der Waals surface area contributed by atoms with Crippen LogP contribution in [0.4, 0.5) is 0 Å². The Kier molecular flexibility index (Phi) is 9.73. The normalized spacial score (nSPS) is 16.7. The molecule has 0 aliphatic heterocycles. The van der Waals surface area contributed by atoms with Gasteiger partial charge in [-0.25, -0.2) is 4.57 Å². The SMILES string of the molecule is CCCCCOP(=O)(O)OCC(CC(C)CC)c1ccccc1. The van der Waals surface area contributed by atoms with Gasteiger partial charge < -0.3 is 4.89 Å². The summed E-state index contributed by atoms with van der Waals surface area (Å²) in [6.07, 6.45) is 4.81. The summed E-state index contributed by atoms with van der Waals surface area (Å²) in [5.41, 5.74) is 1.14. The molecule has 0 aliphatic carbocycles. The van der Waals surface area contributed by atoms with Crippen molar-refractivity contribution < 1.29 is 18.5 Å². The number of rotatable bonds is 12. The van der Waals surface area contributed by atoms with Crippen molar-refractivity contribution in [3.05, 3.63) is 35.9 Å². The Balaban J connectivity index is 2.57. The minimum Gasteiger partial charge on any atom is -0.302 e. The first-order chi connectivity index (χ1) is 11.0. The number of phosphoric ester groups is 1. The first-order valence-electron chi connectivity index (χ1n) is 8.65. The molecular weight excluding hydrogens is 311 g/mol. The van der Waals surface area contributed by atoms with Crippen LogP contribution in [-0.4, -0.2) is 18.1 Å². The molecule has 3 atom stereocenters. The molecule has 3 unspecified atom stereocenters. The predicted molar refractivity (Wildman–Crippen MR) is 94.5 cm³/mol. The monoisotopic (exact) mass is 342 g/mol. The van der Waals surface area contributed by atoms with Crippen LogP contribution in [0.25, 0.3) is 0 Å². The van der Waals surface area contributed by atoms with Crippen LogP contribution >= 0.6 is 7.82 Å². The molecular formula is C18H31O4P. The molecule has 1 N–H and O–H groups in total. The highest BCUT2D eigenvalue weighted by Gasteiger charge is 2.24. The lowest BCUT2D eigenvalue weighted by Gasteiger charge is -2.22. The van der Waals surface area contributed by atoms with Crippen LogP contribution in [-0.2, 0) is 13.6 Å². The molecule has 1 aromatic carbocycles. The van der Waals surface area contributed by atoms with Crippen LogP contribution in [0.15, 0.2) is 30.3 Å². The summed E-state index contributed by atoms with van der Waals surface area (Å²) in [5.74, 6) is 0.637. The van der Waals surface area contributed by atoms with Gasteiger partial charge in [0.15, 0.2) is 0 Å². The summed E-state index contributed by atoms with van der Waals surface area (Å²) < 4.78 is 22.3. The van der Waals surface area contributed by atoms with Crippen molar-refractivity contribution in [3.8, 4) is 0 Å². The summed E-state index contributed by atoms with van der Waals surface area (Å²) in [7, 11) is -3.96.